The first kappa shape index (κ1) is 21.8. The number of carboxylic acids is 1. The van der Waals surface area contributed by atoms with Crippen molar-refractivity contribution in [1.29, 1.82) is 0 Å². The van der Waals surface area contributed by atoms with Gasteiger partial charge < -0.3 is 15.7 Å². The van der Waals surface area contributed by atoms with Gasteiger partial charge in [-0.2, -0.15) is 0 Å². The van der Waals surface area contributed by atoms with Crippen LogP contribution >= 0.6 is 12.4 Å². The highest BCUT2D eigenvalue weighted by atomic mass is 35.5. The Balaban J connectivity index is 0.00000256. The second-order valence-electron chi connectivity index (χ2n) is 7.58. The fraction of sp³-hybridized carbons (Fsp3) is 0.250. The van der Waals surface area contributed by atoms with Gasteiger partial charge in [0.15, 0.2) is 0 Å². The number of halogens is 1. The molecule has 0 spiro atoms. The van der Waals surface area contributed by atoms with E-state index in [1.54, 1.807) is 0 Å². The maximum atomic E-state index is 12.6. The number of anilines is 1. The number of nitrogens with one attached hydrogen (secondary N) is 2. The van der Waals surface area contributed by atoms with Crippen LogP contribution in [-0.2, 0) is 16.0 Å². The van der Waals surface area contributed by atoms with Gasteiger partial charge >= 0.3 is 5.97 Å². The van der Waals surface area contributed by atoms with Crippen molar-refractivity contribution >= 4 is 40.7 Å². The van der Waals surface area contributed by atoms with Crippen LogP contribution in [-0.4, -0.2) is 30.1 Å². The molecule has 0 radical (unpaired) electrons. The average Bonchev–Trinajstić information content (AvgIpc) is 2.73. The second kappa shape index (κ2) is 9.74. The predicted molar refractivity (Wildman–Crippen MR) is 121 cm³/mol. The molecule has 3 aromatic carbocycles. The smallest absolute Gasteiger partial charge is 0.307 e. The summed E-state index contributed by atoms with van der Waals surface area (Å²) in [7, 11) is 0. The monoisotopic (exact) mass is 424 g/mol. The Labute approximate surface area is 181 Å². The van der Waals surface area contributed by atoms with Crippen molar-refractivity contribution in [2.24, 2.45) is 5.92 Å². The second-order valence-corrected chi connectivity index (χ2v) is 7.58. The number of piperidine rings is 1. The third-order valence-corrected chi connectivity index (χ3v) is 5.58. The first-order valence-electron chi connectivity index (χ1n) is 9.91. The molecule has 4 rings (SSSR count). The minimum atomic E-state index is -0.762. The van der Waals surface area contributed by atoms with E-state index < -0.39 is 11.9 Å². The molecule has 6 heteroatoms. The van der Waals surface area contributed by atoms with E-state index in [2.05, 4.69) is 16.7 Å². The van der Waals surface area contributed by atoms with Gasteiger partial charge in [-0.15, -0.1) is 12.4 Å². The molecular weight excluding hydrogens is 400 g/mol. The number of carbonyl (C=O) groups is 2. The number of benzene rings is 3. The van der Waals surface area contributed by atoms with Gasteiger partial charge in [0.1, 0.15) is 0 Å². The third-order valence-electron chi connectivity index (χ3n) is 5.58. The minimum Gasteiger partial charge on any atom is -0.481 e. The molecule has 1 saturated heterocycles. The van der Waals surface area contributed by atoms with Crippen molar-refractivity contribution in [2.45, 2.75) is 18.8 Å². The molecule has 156 valence electrons. The van der Waals surface area contributed by atoms with Gasteiger partial charge in [-0.25, -0.2) is 0 Å². The van der Waals surface area contributed by atoms with Crippen molar-refractivity contribution < 1.29 is 14.7 Å². The quantitative estimate of drug-likeness (QED) is 0.573. The predicted octanol–water partition coefficient (Wildman–Crippen LogP) is 4.22. The van der Waals surface area contributed by atoms with Gasteiger partial charge in [0, 0.05) is 18.2 Å². The van der Waals surface area contributed by atoms with Crippen LogP contribution in [0.4, 0.5) is 5.69 Å². The summed E-state index contributed by atoms with van der Waals surface area (Å²) in [5, 5.41) is 18.0. The Kier molecular flexibility index (Phi) is 7.08. The molecule has 1 fully saturated rings. The molecule has 1 amide bonds. The maximum Gasteiger partial charge on any atom is 0.307 e. The molecule has 5 nitrogen and oxygen atoms in total. The fourth-order valence-electron chi connectivity index (χ4n) is 4.09. The Bertz CT molecular complexity index is 1050. The van der Waals surface area contributed by atoms with E-state index in [4.69, 9.17) is 0 Å². The summed E-state index contributed by atoms with van der Waals surface area (Å²) >= 11 is 0. The van der Waals surface area contributed by atoms with Gasteiger partial charge in [-0.3, -0.25) is 9.59 Å². The number of hydrogen-bond donors (Lipinski definition) is 3. The van der Waals surface area contributed by atoms with Crippen LogP contribution in [0.15, 0.2) is 66.7 Å². The SMILES string of the molecule is Cl.O=C(Cc1ccc2ccccc2c1)Nc1cccc([C@@H]2CNCC[C@H]2C(=O)O)c1. The van der Waals surface area contributed by atoms with Crippen LogP contribution in [0.1, 0.15) is 23.5 Å². The van der Waals surface area contributed by atoms with Crippen molar-refractivity contribution in [3.05, 3.63) is 77.9 Å². The zero-order chi connectivity index (χ0) is 20.2. The molecule has 0 saturated carbocycles. The highest BCUT2D eigenvalue weighted by molar-refractivity contribution is 5.93. The Hall–Kier alpha value is -2.89. The topological polar surface area (TPSA) is 78.4 Å². The van der Waals surface area contributed by atoms with Crippen molar-refractivity contribution in [1.82, 2.24) is 5.32 Å². The zero-order valence-electron chi connectivity index (χ0n) is 16.5. The summed E-state index contributed by atoms with van der Waals surface area (Å²) in [6.07, 6.45) is 0.899. The molecule has 3 N–H and O–H groups in total. The molecular formula is C24H25ClN2O3. The molecule has 30 heavy (non-hydrogen) atoms. The van der Waals surface area contributed by atoms with Gasteiger partial charge in [0.25, 0.3) is 0 Å². The summed E-state index contributed by atoms with van der Waals surface area (Å²) in [4.78, 5) is 24.2. The average molecular weight is 425 g/mol. The fourth-order valence-corrected chi connectivity index (χ4v) is 4.09. The number of carboxylic acid groups (broad SMARTS) is 1. The van der Waals surface area contributed by atoms with E-state index in [0.29, 0.717) is 18.7 Å². The summed E-state index contributed by atoms with van der Waals surface area (Å²) in [5.74, 6) is -1.35. The van der Waals surface area contributed by atoms with E-state index in [0.717, 1.165) is 28.4 Å². The van der Waals surface area contributed by atoms with E-state index in [1.807, 2.05) is 60.7 Å². The number of carbonyl (C=O) groups excluding carboxylic acids is 1. The largest absolute Gasteiger partial charge is 0.481 e. The van der Waals surface area contributed by atoms with Crippen LogP contribution < -0.4 is 10.6 Å². The number of amides is 1. The van der Waals surface area contributed by atoms with E-state index in [1.165, 1.54) is 0 Å². The van der Waals surface area contributed by atoms with Gasteiger partial charge in [-0.1, -0.05) is 54.6 Å². The number of rotatable bonds is 5. The highest BCUT2D eigenvalue weighted by Gasteiger charge is 2.31. The van der Waals surface area contributed by atoms with E-state index >= 15 is 0 Å². The van der Waals surface area contributed by atoms with E-state index in [9.17, 15) is 14.7 Å². The highest BCUT2D eigenvalue weighted by Crippen LogP contribution is 2.31. The maximum absolute atomic E-state index is 12.6. The number of fused-ring (bicyclic) bond motifs is 1. The number of hydrogen-bond acceptors (Lipinski definition) is 3. The Morgan fingerprint density at radius 1 is 1.00 bits per heavy atom. The van der Waals surface area contributed by atoms with Crippen molar-refractivity contribution in [2.75, 3.05) is 18.4 Å². The molecule has 0 aliphatic carbocycles. The van der Waals surface area contributed by atoms with Crippen LogP contribution in [0.5, 0.6) is 0 Å². The van der Waals surface area contributed by atoms with Gasteiger partial charge in [0.2, 0.25) is 5.91 Å². The van der Waals surface area contributed by atoms with E-state index in [-0.39, 0.29) is 30.7 Å². The van der Waals surface area contributed by atoms with Crippen molar-refractivity contribution in [3.63, 3.8) is 0 Å². The number of aliphatic carboxylic acids is 1. The molecule has 0 unspecified atom stereocenters. The van der Waals surface area contributed by atoms with Crippen LogP contribution in [0.3, 0.4) is 0 Å². The lowest BCUT2D eigenvalue weighted by Gasteiger charge is -2.29. The zero-order valence-corrected chi connectivity index (χ0v) is 17.3. The van der Waals surface area contributed by atoms with Gasteiger partial charge in [-0.05, 0) is 47.0 Å². The summed E-state index contributed by atoms with van der Waals surface area (Å²) in [6.45, 7) is 1.35. The normalized spacial score (nSPS) is 18.4. The molecule has 1 heterocycles. The molecule has 1 aliphatic rings. The summed E-state index contributed by atoms with van der Waals surface area (Å²) in [5.41, 5.74) is 2.59. The third kappa shape index (κ3) is 4.99. The Morgan fingerprint density at radius 3 is 2.60 bits per heavy atom. The summed E-state index contributed by atoms with van der Waals surface area (Å²) < 4.78 is 0. The van der Waals surface area contributed by atoms with Crippen LogP contribution in [0.2, 0.25) is 0 Å². The standard InChI is InChI=1S/C24H24N2O3.ClH/c27-23(13-16-8-9-17-4-1-2-5-18(17)12-16)26-20-7-3-6-19(14-20)22-15-25-11-10-21(22)24(28)29;/h1-9,12,14,21-22,25H,10-11,13,15H2,(H,26,27)(H,28,29);1H/t21-,22+;/m1./s1. The molecule has 2 atom stereocenters. The minimum absolute atomic E-state index is 0. The molecule has 1 aliphatic heterocycles. The molecule has 0 bridgehead atoms. The lowest BCUT2D eigenvalue weighted by molar-refractivity contribution is -0.143. The Morgan fingerprint density at radius 2 is 1.80 bits per heavy atom. The molecule has 0 aromatic heterocycles. The summed E-state index contributed by atoms with van der Waals surface area (Å²) in [6, 6.07) is 21.7. The first-order chi connectivity index (χ1) is 14.1. The van der Waals surface area contributed by atoms with Gasteiger partial charge in [0.05, 0.1) is 12.3 Å². The lowest BCUT2D eigenvalue weighted by atomic mass is 9.81. The first-order valence-corrected chi connectivity index (χ1v) is 9.91. The van der Waals surface area contributed by atoms with Crippen LogP contribution in [0, 0.1) is 5.92 Å². The lowest BCUT2D eigenvalue weighted by Crippen LogP contribution is -2.38. The van der Waals surface area contributed by atoms with Crippen molar-refractivity contribution in [3.8, 4) is 0 Å². The molecule has 3 aromatic rings. The van der Waals surface area contributed by atoms with Crippen LogP contribution in [0.25, 0.3) is 10.8 Å².